The van der Waals surface area contributed by atoms with Crippen molar-refractivity contribution in [2.45, 2.75) is 32.2 Å². The van der Waals surface area contributed by atoms with Gasteiger partial charge in [0.25, 0.3) is 0 Å². The van der Waals surface area contributed by atoms with Crippen LogP contribution in [0.5, 0.6) is 0 Å². The second kappa shape index (κ2) is 12.1. The monoisotopic (exact) mass is 535 g/mol. The summed E-state index contributed by atoms with van der Waals surface area (Å²) in [5.41, 5.74) is 4.18. The highest BCUT2D eigenvalue weighted by Crippen LogP contribution is 2.24. The molecule has 0 radical (unpaired) electrons. The highest BCUT2D eigenvalue weighted by molar-refractivity contribution is 5.56. The van der Waals surface area contributed by atoms with E-state index < -0.39 is 0 Å². The van der Waals surface area contributed by atoms with Crippen LogP contribution in [-0.2, 0) is 6.42 Å². The molecule has 0 spiro atoms. The van der Waals surface area contributed by atoms with Gasteiger partial charge >= 0.3 is 0 Å². The first-order valence-electron chi connectivity index (χ1n) is 14.2. The quantitative estimate of drug-likeness (QED) is 0.374. The van der Waals surface area contributed by atoms with Gasteiger partial charge in [-0.1, -0.05) is 18.2 Å². The molecule has 40 heavy (non-hydrogen) atoms. The van der Waals surface area contributed by atoms with Crippen molar-refractivity contribution in [1.82, 2.24) is 34.7 Å². The van der Waals surface area contributed by atoms with E-state index in [1.807, 2.05) is 37.3 Å². The number of piperidine rings is 1. The van der Waals surface area contributed by atoms with Crippen molar-refractivity contribution in [3.63, 3.8) is 0 Å². The lowest BCUT2D eigenvalue weighted by atomic mass is 10.0. The number of rotatable bonds is 7. The van der Waals surface area contributed by atoms with Gasteiger partial charge in [-0.25, -0.2) is 24.9 Å². The van der Waals surface area contributed by atoms with Gasteiger partial charge in [0.2, 0.25) is 0 Å². The molecular formula is C31H37N9. The van der Waals surface area contributed by atoms with Crippen molar-refractivity contribution in [1.29, 1.82) is 0 Å². The molecule has 2 fully saturated rings. The minimum atomic E-state index is 0.576. The highest BCUT2D eigenvalue weighted by Gasteiger charge is 2.26. The fourth-order valence-electron chi connectivity index (χ4n) is 5.59. The van der Waals surface area contributed by atoms with Crippen LogP contribution in [0.3, 0.4) is 0 Å². The predicted molar refractivity (Wildman–Crippen MR) is 159 cm³/mol. The van der Waals surface area contributed by atoms with Crippen LogP contribution in [0.4, 0.5) is 17.3 Å². The van der Waals surface area contributed by atoms with E-state index in [9.17, 15) is 0 Å². The average molecular weight is 536 g/mol. The molecule has 4 aromatic rings. The van der Waals surface area contributed by atoms with Gasteiger partial charge in [0, 0.05) is 75.5 Å². The Balaban J connectivity index is 1.05. The van der Waals surface area contributed by atoms with E-state index in [0.717, 1.165) is 36.3 Å². The Labute approximate surface area is 236 Å². The lowest BCUT2D eigenvalue weighted by Crippen LogP contribution is -2.52. The minimum Gasteiger partial charge on any atom is -0.371 e. The van der Waals surface area contributed by atoms with Crippen molar-refractivity contribution >= 4 is 17.3 Å². The van der Waals surface area contributed by atoms with Gasteiger partial charge in [-0.15, -0.1) is 0 Å². The summed E-state index contributed by atoms with van der Waals surface area (Å²) >= 11 is 0. The average Bonchev–Trinajstić information content (AvgIpc) is 2.98. The highest BCUT2D eigenvalue weighted by atomic mass is 15.3. The van der Waals surface area contributed by atoms with Crippen molar-refractivity contribution in [3.8, 4) is 11.5 Å². The van der Waals surface area contributed by atoms with Crippen LogP contribution in [0.2, 0.25) is 0 Å². The second-order valence-corrected chi connectivity index (χ2v) is 10.8. The maximum absolute atomic E-state index is 4.73. The molecule has 0 bridgehead atoms. The number of piperazine rings is 1. The van der Waals surface area contributed by atoms with Crippen molar-refractivity contribution in [2.24, 2.45) is 0 Å². The van der Waals surface area contributed by atoms with E-state index in [1.165, 1.54) is 50.3 Å². The Morgan fingerprint density at radius 3 is 2.25 bits per heavy atom. The molecule has 206 valence electrons. The van der Waals surface area contributed by atoms with Crippen LogP contribution in [0.15, 0.2) is 67.0 Å². The predicted octanol–water partition coefficient (Wildman–Crippen LogP) is 4.19. The van der Waals surface area contributed by atoms with Gasteiger partial charge in [-0.05, 0) is 68.8 Å². The van der Waals surface area contributed by atoms with Crippen LogP contribution in [-0.4, -0.2) is 87.1 Å². The minimum absolute atomic E-state index is 0.576. The summed E-state index contributed by atoms with van der Waals surface area (Å²) in [5, 5.41) is 3.29. The van der Waals surface area contributed by atoms with E-state index in [2.05, 4.69) is 71.3 Å². The standard InChI is InChI=1S/C31H37N9/c1-23-4-3-5-27(34-23)31-33-15-11-29(37-31)35-28-10-14-32-30(36-28)22-24-6-8-25(9-7-24)39-16-12-26(13-17-39)40-20-18-38(2)19-21-40/h3-11,14-15,26H,12-13,16-22H2,1-2H3,(H,32,33,35,36,37). The molecule has 0 aliphatic carbocycles. The molecule has 2 saturated heterocycles. The van der Waals surface area contributed by atoms with Crippen molar-refractivity contribution in [2.75, 3.05) is 56.5 Å². The Hall–Kier alpha value is -3.95. The normalized spacial score (nSPS) is 17.2. The number of aryl methyl sites for hydroxylation is 1. The number of likely N-dealkylation sites (N-methyl/N-ethyl adjacent to an activating group) is 1. The summed E-state index contributed by atoms with van der Waals surface area (Å²) in [6.45, 7) is 9.00. The van der Waals surface area contributed by atoms with Gasteiger partial charge in [-0.3, -0.25) is 4.90 Å². The summed E-state index contributed by atoms with van der Waals surface area (Å²) < 4.78 is 0. The van der Waals surface area contributed by atoms with E-state index in [4.69, 9.17) is 4.98 Å². The molecule has 2 aliphatic heterocycles. The summed E-state index contributed by atoms with van der Waals surface area (Å²) in [7, 11) is 2.23. The number of hydrogen-bond acceptors (Lipinski definition) is 9. The molecule has 1 aromatic carbocycles. The molecule has 6 rings (SSSR count). The van der Waals surface area contributed by atoms with Crippen LogP contribution >= 0.6 is 0 Å². The smallest absolute Gasteiger partial charge is 0.180 e. The zero-order valence-corrected chi connectivity index (χ0v) is 23.4. The summed E-state index contributed by atoms with van der Waals surface area (Å²) in [6, 6.07) is 19.1. The fourth-order valence-corrected chi connectivity index (χ4v) is 5.59. The third-order valence-electron chi connectivity index (χ3n) is 7.92. The molecule has 0 atom stereocenters. The first-order valence-corrected chi connectivity index (χ1v) is 14.2. The van der Waals surface area contributed by atoms with Crippen LogP contribution in [0.1, 0.15) is 29.9 Å². The Bertz CT molecular complexity index is 1410. The number of aromatic nitrogens is 5. The maximum atomic E-state index is 4.73. The van der Waals surface area contributed by atoms with Gasteiger partial charge in [0.1, 0.15) is 23.2 Å². The topological polar surface area (TPSA) is 86.2 Å². The number of nitrogens with zero attached hydrogens (tertiary/aromatic N) is 8. The van der Waals surface area contributed by atoms with Crippen LogP contribution in [0, 0.1) is 6.92 Å². The van der Waals surface area contributed by atoms with Gasteiger partial charge in [-0.2, -0.15) is 0 Å². The molecule has 1 N–H and O–H groups in total. The Morgan fingerprint density at radius 1 is 0.775 bits per heavy atom. The summed E-state index contributed by atoms with van der Waals surface area (Å²) in [6.07, 6.45) is 6.67. The van der Waals surface area contributed by atoms with Gasteiger partial charge < -0.3 is 15.1 Å². The third kappa shape index (κ3) is 6.43. The number of hydrogen-bond donors (Lipinski definition) is 1. The first-order chi connectivity index (χ1) is 19.6. The fraction of sp³-hybridized carbons (Fsp3) is 0.387. The first kappa shape index (κ1) is 26.3. The molecule has 0 unspecified atom stereocenters. The molecule has 9 heteroatoms. The molecule has 5 heterocycles. The van der Waals surface area contributed by atoms with Crippen LogP contribution in [0.25, 0.3) is 11.5 Å². The van der Waals surface area contributed by atoms with Crippen LogP contribution < -0.4 is 10.2 Å². The summed E-state index contributed by atoms with van der Waals surface area (Å²) in [4.78, 5) is 30.4. The molecule has 0 amide bonds. The molecule has 2 aliphatic rings. The van der Waals surface area contributed by atoms with Crippen molar-refractivity contribution < 1.29 is 0 Å². The lowest BCUT2D eigenvalue weighted by Gasteiger charge is -2.42. The SMILES string of the molecule is Cc1cccc(-c2nccc(Nc3ccnc(Cc4ccc(N5CCC(N6CCN(C)CC6)CC5)cc4)n3)n2)n1. The van der Waals surface area contributed by atoms with E-state index in [1.54, 1.807) is 12.4 Å². The Kier molecular flexibility index (Phi) is 7.92. The van der Waals surface area contributed by atoms with Gasteiger partial charge in [0.15, 0.2) is 5.82 Å². The third-order valence-corrected chi connectivity index (χ3v) is 7.92. The zero-order chi connectivity index (χ0) is 27.3. The van der Waals surface area contributed by atoms with E-state index in [-0.39, 0.29) is 0 Å². The summed E-state index contributed by atoms with van der Waals surface area (Å²) in [5.74, 6) is 2.71. The molecule has 9 nitrogen and oxygen atoms in total. The molecular weight excluding hydrogens is 498 g/mol. The number of nitrogens with one attached hydrogen (secondary N) is 1. The van der Waals surface area contributed by atoms with Gasteiger partial charge in [0.05, 0.1) is 0 Å². The van der Waals surface area contributed by atoms with E-state index in [0.29, 0.717) is 23.9 Å². The molecule has 0 saturated carbocycles. The second-order valence-electron chi connectivity index (χ2n) is 10.8. The van der Waals surface area contributed by atoms with Crippen molar-refractivity contribution in [3.05, 3.63) is 84.1 Å². The number of anilines is 3. The molecule has 3 aromatic heterocycles. The largest absolute Gasteiger partial charge is 0.371 e. The number of benzene rings is 1. The Morgan fingerprint density at radius 2 is 1.50 bits per heavy atom. The van der Waals surface area contributed by atoms with E-state index >= 15 is 0 Å². The maximum Gasteiger partial charge on any atom is 0.180 e. The zero-order valence-electron chi connectivity index (χ0n) is 23.4. The number of pyridine rings is 1. The lowest BCUT2D eigenvalue weighted by molar-refractivity contribution is 0.0982.